The van der Waals surface area contributed by atoms with Crippen LogP contribution in [0.2, 0.25) is 0 Å². The Morgan fingerprint density at radius 2 is 1.91 bits per heavy atom. The fourth-order valence-electron chi connectivity index (χ4n) is 1.61. The number of carbonyl (C=O) groups excluding carboxylic acids is 1. The summed E-state index contributed by atoms with van der Waals surface area (Å²) in [5.41, 5.74) is 11.1. The second-order valence-corrected chi connectivity index (χ2v) is 5.87. The largest absolute Gasteiger partial charge is 0.453 e. The number of carbonyl (C=O) groups is 1. The Hall–Kier alpha value is -2.59. The van der Waals surface area contributed by atoms with E-state index in [0.717, 1.165) is 9.88 Å². The first kappa shape index (κ1) is 14.4. The molecule has 0 aliphatic heterocycles. The molecule has 4 N–H and O–H groups in total. The molecule has 10 heteroatoms. The topological polar surface area (TPSA) is 130 Å². The lowest BCUT2D eigenvalue weighted by Gasteiger charge is -2.03. The molecule has 0 spiro atoms. The fraction of sp³-hybridized carbons (Fsp3) is 0.0833. The third kappa shape index (κ3) is 3.18. The molecule has 0 bridgehead atoms. The molecule has 0 saturated carbocycles. The maximum Gasteiger partial charge on any atom is 0.358 e. The highest BCUT2D eigenvalue weighted by atomic mass is 32.1. The lowest BCUT2D eigenvalue weighted by molar-refractivity contribution is 0.0456. The molecule has 0 amide bonds. The normalized spacial score (nSPS) is 10.5. The van der Waals surface area contributed by atoms with Crippen molar-refractivity contribution in [3.8, 4) is 9.88 Å². The zero-order valence-corrected chi connectivity index (χ0v) is 12.7. The van der Waals surface area contributed by atoms with Gasteiger partial charge >= 0.3 is 5.97 Å². The average Bonchev–Trinajstić information content (AvgIpc) is 3.14. The van der Waals surface area contributed by atoms with Crippen LogP contribution < -0.4 is 11.5 Å². The lowest BCUT2D eigenvalue weighted by Crippen LogP contribution is -2.11. The first-order valence-electron chi connectivity index (χ1n) is 6.04. The molecule has 0 radical (unpaired) electrons. The molecule has 0 unspecified atom stereocenters. The monoisotopic (exact) mass is 334 g/mol. The molecule has 112 valence electrons. The third-order valence-electron chi connectivity index (χ3n) is 2.49. The quantitative estimate of drug-likeness (QED) is 0.688. The summed E-state index contributed by atoms with van der Waals surface area (Å²) in [6, 6.07) is 3.87. The van der Waals surface area contributed by atoms with E-state index in [1.807, 2.05) is 17.5 Å². The van der Waals surface area contributed by atoms with Crippen molar-refractivity contribution in [1.29, 1.82) is 0 Å². The van der Waals surface area contributed by atoms with Crippen molar-refractivity contribution in [3.05, 3.63) is 34.4 Å². The zero-order chi connectivity index (χ0) is 15.5. The van der Waals surface area contributed by atoms with Crippen molar-refractivity contribution < 1.29 is 9.53 Å². The van der Waals surface area contributed by atoms with Gasteiger partial charge in [0.05, 0.1) is 4.88 Å². The summed E-state index contributed by atoms with van der Waals surface area (Å²) >= 11 is 2.93. The van der Waals surface area contributed by atoms with Crippen molar-refractivity contribution >= 4 is 40.5 Å². The van der Waals surface area contributed by atoms with Crippen molar-refractivity contribution in [3.63, 3.8) is 0 Å². The van der Waals surface area contributed by atoms with E-state index >= 15 is 0 Å². The van der Waals surface area contributed by atoms with Crippen molar-refractivity contribution in [2.75, 3.05) is 11.5 Å². The highest BCUT2D eigenvalue weighted by Gasteiger charge is 2.14. The number of aromatic nitrogens is 4. The molecule has 0 atom stereocenters. The number of ether oxygens (including phenoxy) is 1. The Morgan fingerprint density at radius 3 is 2.59 bits per heavy atom. The first-order valence-corrected chi connectivity index (χ1v) is 7.80. The molecule has 22 heavy (non-hydrogen) atoms. The average molecular weight is 334 g/mol. The Bertz CT molecular complexity index is 782. The molecule has 0 aliphatic carbocycles. The van der Waals surface area contributed by atoms with Gasteiger partial charge in [-0.25, -0.2) is 9.78 Å². The van der Waals surface area contributed by atoms with Crippen LogP contribution in [0.15, 0.2) is 22.9 Å². The van der Waals surface area contributed by atoms with Gasteiger partial charge in [-0.15, -0.1) is 22.7 Å². The van der Waals surface area contributed by atoms with Gasteiger partial charge in [0.15, 0.2) is 18.1 Å². The number of nitrogen functional groups attached to an aromatic ring is 2. The van der Waals surface area contributed by atoms with E-state index in [4.69, 9.17) is 16.2 Å². The van der Waals surface area contributed by atoms with Crippen molar-refractivity contribution in [2.24, 2.45) is 0 Å². The number of thiazole rings is 1. The molecule has 0 saturated heterocycles. The Kier molecular flexibility index (Phi) is 3.94. The molecular formula is C12H10N6O2S2. The van der Waals surface area contributed by atoms with Crippen LogP contribution in [0.1, 0.15) is 16.3 Å². The third-order valence-corrected chi connectivity index (χ3v) is 4.38. The Balaban J connectivity index is 1.67. The van der Waals surface area contributed by atoms with E-state index in [0.29, 0.717) is 0 Å². The van der Waals surface area contributed by atoms with Crippen LogP contribution in [0.3, 0.4) is 0 Å². The van der Waals surface area contributed by atoms with Crippen LogP contribution in [0.4, 0.5) is 11.9 Å². The van der Waals surface area contributed by atoms with Crippen LogP contribution in [0.5, 0.6) is 0 Å². The first-order chi connectivity index (χ1) is 10.6. The van der Waals surface area contributed by atoms with E-state index in [1.165, 1.54) is 11.3 Å². The van der Waals surface area contributed by atoms with E-state index in [9.17, 15) is 4.79 Å². The van der Waals surface area contributed by atoms with Gasteiger partial charge in [-0.3, -0.25) is 0 Å². The van der Waals surface area contributed by atoms with Gasteiger partial charge in [0.2, 0.25) is 11.9 Å². The summed E-state index contributed by atoms with van der Waals surface area (Å²) in [4.78, 5) is 28.5. The zero-order valence-electron chi connectivity index (χ0n) is 11.1. The number of hydrogen-bond acceptors (Lipinski definition) is 10. The summed E-state index contributed by atoms with van der Waals surface area (Å²) in [6.07, 6.45) is 0. The highest BCUT2D eigenvalue weighted by molar-refractivity contribution is 7.20. The Labute approximate surface area is 132 Å². The van der Waals surface area contributed by atoms with Gasteiger partial charge in [-0.1, -0.05) is 6.07 Å². The van der Waals surface area contributed by atoms with Gasteiger partial charge < -0.3 is 16.2 Å². The number of thiophene rings is 1. The minimum atomic E-state index is -0.559. The second kappa shape index (κ2) is 6.03. The number of rotatable bonds is 4. The maximum absolute atomic E-state index is 12.0. The number of nitrogens with zero attached hydrogens (tertiary/aromatic N) is 4. The van der Waals surface area contributed by atoms with Crippen molar-refractivity contribution in [2.45, 2.75) is 6.61 Å². The van der Waals surface area contributed by atoms with E-state index < -0.39 is 5.97 Å². The maximum atomic E-state index is 12.0. The molecule has 3 aromatic rings. The molecule has 8 nitrogen and oxygen atoms in total. The number of hydrogen-bond donors (Lipinski definition) is 2. The summed E-state index contributed by atoms with van der Waals surface area (Å²) in [5.74, 6) is -0.414. The second-order valence-electron chi connectivity index (χ2n) is 4.06. The summed E-state index contributed by atoms with van der Waals surface area (Å²) in [7, 11) is 0. The standard InChI is InChI=1S/C12H10N6O2S2/c13-11-16-8(17-12(14)18-11)4-20-10(19)6-5-22-9(15-6)7-2-1-3-21-7/h1-3,5H,4H2,(H4,13,14,16,17,18). The van der Waals surface area contributed by atoms with E-state index in [-0.39, 0.29) is 30.0 Å². The summed E-state index contributed by atoms with van der Waals surface area (Å²) < 4.78 is 5.10. The van der Waals surface area contributed by atoms with Crippen LogP contribution >= 0.6 is 22.7 Å². The van der Waals surface area contributed by atoms with E-state index in [1.54, 1.807) is 16.7 Å². The lowest BCUT2D eigenvalue weighted by atomic mass is 10.4. The summed E-state index contributed by atoms with van der Waals surface area (Å²) in [6.45, 7) is -0.151. The molecule has 3 heterocycles. The SMILES string of the molecule is Nc1nc(N)nc(COC(=O)c2csc(-c3cccs3)n2)n1. The smallest absolute Gasteiger partial charge is 0.358 e. The summed E-state index contributed by atoms with van der Waals surface area (Å²) in [5, 5.41) is 4.37. The van der Waals surface area contributed by atoms with Crippen molar-refractivity contribution in [1.82, 2.24) is 19.9 Å². The molecule has 3 rings (SSSR count). The number of anilines is 2. The van der Waals surface area contributed by atoms with Gasteiger partial charge in [0.1, 0.15) is 5.01 Å². The highest BCUT2D eigenvalue weighted by Crippen LogP contribution is 2.27. The van der Waals surface area contributed by atoms with Gasteiger partial charge in [0, 0.05) is 5.38 Å². The van der Waals surface area contributed by atoms with Gasteiger partial charge in [-0.05, 0) is 11.4 Å². The van der Waals surface area contributed by atoms with Crippen LogP contribution in [-0.4, -0.2) is 25.9 Å². The minimum Gasteiger partial charge on any atom is -0.453 e. The van der Waals surface area contributed by atoms with Gasteiger partial charge in [0.25, 0.3) is 0 Å². The molecule has 0 aromatic carbocycles. The molecule has 0 aliphatic rings. The van der Waals surface area contributed by atoms with Gasteiger partial charge in [-0.2, -0.15) is 15.0 Å². The predicted octanol–water partition coefficient (Wildman–Crippen LogP) is 1.58. The fourth-order valence-corrected chi connectivity index (χ4v) is 3.21. The van der Waals surface area contributed by atoms with Crippen LogP contribution in [0.25, 0.3) is 9.88 Å². The predicted molar refractivity (Wildman–Crippen MR) is 83.2 cm³/mol. The molecular weight excluding hydrogens is 324 g/mol. The van der Waals surface area contributed by atoms with Crippen LogP contribution in [-0.2, 0) is 11.3 Å². The van der Waals surface area contributed by atoms with Crippen LogP contribution in [0, 0.1) is 0 Å². The molecule has 3 aromatic heterocycles. The minimum absolute atomic E-state index is 0.0211. The Morgan fingerprint density at radius 1 is 1.14 bits per heavy atom. The molecule has 0 fully saturated rings. The number of esters is 1. The number of nitrogens with two attached hydrogens (primary N) is 2. The van der Waals surface area contributed by atoms with E-state index in [2.05, 4.69) is 19.9 Å².